The van der Waals surface area contributed by atoms with Crippen LogP contribution in [0.15, 0.2) is 30.3 Å². The van der Waals surface area contributed by atoms with Crippen molar-refractivity contribution in [3.63, 3.8) is 0 Å². The van der Waals surface area contributed by atoms with Crippen molar-refractivity contribution in [2.45, 2.75) is 32.4 Å². The lowest BCUT2D eigenvalue weighted by atomic mass is 9.64. The van der Waals surface area contributed by atoms with Gasteiger partial charge in [-0.2, -0.15) is 0 Å². The zero-order valence-electron chi connectivity index (χ0n) is 11.1. The Morgan fingerprint density at radius 3 is 2.74 bits per heavy atom. The monoisotopic (exact) mass is 263 g/mol. The third-order valence-electron chi connectivity index (χ3n) is 3.85. The molecule has 2 atom stereocenters. The fraction of sp³-hybridized carbons (Fsp3) is 0.400. The average molecular weight is 263 g/mol. The lowest BCUT2D eigenvalue weighted by Gasteiger charge is -2.49. The molecule has 0 saturated heterocycles. The molecule has 0 bridgehead atoms. The summed E-state index contributed by atoms with van der Waals surface area (Å²) in [6.45, 7) is 3.82. The normalized spacial score (nSPS) is 25.1. The van der Waals surface area contributed by atoms with Gasteiger partial charge in [-0.25, -0.2) is 4.39 Å². The molecule has 102 valence electrons. The standard InChI is InChI=1S/C15H18FNO2/c1-15(2)12(9-13(15)18)17-14(19)8-7-10-5-3-4-6-11(10)16/h3-8,12-13,18H,9H2,1-2H3,(H,17,19)/b8-7+. The number of benzene rings is 1. The van der Waals surface area contributed by atoms with Crippen molar-refractivity contribution in [1.29, 1.82) is 0 Å². The summed E-state index contributed by atoms with van der Waals surface area (Å²) < 4.78 is 13.3. The highest BCUT2D eigenvalue weighted by Crippen LogP contribution is 2.40. The minimum absolute atomic E-state index is 0.0414. The van der Waals surface area contributed by atoms with Crippen molar-refractivity contribution in [2.24, 2.45) is 5.41 Å². The van der Waals surface area contributed by atoms with Gasteiger partial charge in [-0.1, -0.05) is 32.0 Å². The molecule has 0 heterocycles. The van der Waals surface area contributed by atoms with E-state index >= 15 is 0 Å². The van der Waals surface area contributed by atoms with Gasteiger partial charge >= 0.3 is 0 Å². The molecule has 2 unspecified atom stereocenters. The van der Waals surface area contributed by atoms with Crippen LogP contribution in [-0.4, -0.2) is 23.2 Å². The van der Waals surface area contributed by atoms with E-state index in [-0.39, 0.29) is 29.3 Å². The van der Waals surface area contributed by atoms with Crippen LogP contribution in [0, 0.1) is 11.2 Å². The quantitative estimate of drug-likeness (QED) is 0.821. The van der Waals surface area contributed by atoms with Crippen molar-refractivity contribution < 1.29 is 14.3 Å². The van der Waals surface area contributed by atoms with Crippen molar-refractivity contribution in [1.82, 2.24) is 5.32 Å². The number of hydrogen-bond donors (Lipinski definition) is 2. The summed E-state index contributed by atoms with van der Waals surface area (Å²) in [4.78, 5) is 11.7. The average Bonchev–Trinajstić information content (AvgIpc) is 2.37. The fourth-order valence-corrected chi connectivity index (χ4v) is 2.14. The number of aliphatic hydroxyl groups excluding tert-OH is 1. The molecule has 3 nitrogen and oxygen atoms in total. The van der Waals surface area contributed by atoms with E-state index in [0.717, 1.165) is 0 Å². The maximum absolute atomic E-state index is 13.3. The van der Waals surface area contributed by atoms with E-state index in [0.29, 0.717) is 12.0 Å². The predicted molar refractivity (Wildman–Crippen MR) is 71.8 cm³/mol. The van der Waals surface area contributed by atoms with E-state index in [1.165, 1.54) is 18.2 Å². The smallest absolute Gasteiger partial charge is 0.244 e. The first-order chi connectivity index (χ1) is 8.91. The lowest BCUT2D eigenvalue weighted by molar-refractivity contribution is -0.124. The predicted octanol–water partition coefficient (Wildman–Crippen LogP) is 2.11. The van der Waals surface area contributed by atoms with Crippen molar-refractivity contribution in [3.05, 3.63) is 41.7 Å². The van der Waals surface area contributed by atoms with E-state index in [1.54, 1.807) is 18.2 Å². The number of amides is 1. The van der Waals surface area contributed by atoms with Gasteiger partial charge in [-0.15, -0.1) is 0 Å². The summed E-state index contributed by atoms with van der Waals surface area (Å²) >= 11 is 0. The molecule has 2 N–H and O–H groups in total. The maximum atomic E-state index is 13.3. The van der Waals surface area contributed by atoms with Crippen molar-refractivity contribution in [3.8, 4) is 0 Å². The molecule has 0 radical (unpaired) electrons. The Morgan fingerprint density at radius 2 is 2.16 bits per heavy atom. The molecule has 2 rings (SSSR count). The highest BCUT2D eigenvalue weighted by molar-refractivity contribution is 5.92. The molecule has 1 aliphatic carbocycles. The first kappa shape index (κ1) is 13.7. The van der Waals surface area contributed by atoms with Gasteiger partial charge in [-0.05, 0) is 18.6 Å². The number of carbonyl (C=O) groups is 1. The third kappa shape index (κ3) is 2.84. The van der Waals surface area contributed by atoms with Crippen LogP contribution in [0.1, 0.15) is 25.8 Å². The molecule has 0 spiro atoms. The van der Waals surface area contributed by atoms with Gasteiger partial charge in [-0.3, -0.25) is 4.79 Å². The first-order valence-corrected chi connectivity index (χ1v) is 6.32. The van der Waals surface area contributed by atoms with Gasteiger partial charge in [0, 0.05) is 23.1 Å². The Balaban J connectivity index is 1.94. The first-order valence-electron chi connectivity index (χ1n) is 6.32. The Hall–Kier alpha value is -1.68. The van der Waals surface area contributed by atoms with Crippen LogP contribution in [0.3, 0.4) is 0 Å². The van der Waals surface area contributed by atoms with Gasteiger partial charge in [0.1, 0.15) is 5.82 Å². The minimum atomic E-state index is -0.381. The van der Waals surface area contributed by atoms with E-state index in [1.807, 2.05) is 13.8 Å². The van der Waals surface area contributed by atoms with Crippen LogP contribution in [0.25, 0.3) is 6.08 Å². The second-order valence-electron chi connectivity index (χ2n) is 5.49. The van der Waals surface area contributed by atoms with Gasteiger partial charge in [0.2, 0.25) is 5.91 Å². The molecule has 1 aromatic carbocycles. The maximum Gasteiger partial charge on any atom is 0.244 e. The van der Waals surface area contributed by atoms with Gasteiger partial charge in [0.05, 0.1) is 6.10 Å². The Bertz CT molecular complexity index is 511. The minimum Gasteiger partial charge on any atom is -0.392 e. The van der Waals surface area contributed by atoms with Crippen LogP contribution in [-0.2, 0) is 4.79 Å². The molecule has 1 saturated carbocycles. The molecule has 19 heavy (non-hydrogen) atoms. The molecule has 1 fully saturated rings. The van der Waals surface area contributed by atoms with Crippen molar-refractivity contribution >= 4 is 12.0 Å². The Labute approximate surface area is 112 Å². The second kappa shape index (κ2) is 5.13. The van der Waals surface area contributed by atoms with Crippen LogP contribution >= 0.6 is 0 Å². The molecule has 1 aliphatic rings. The summed E-state index contributed by atoms with van der Waals surface area (Å²) in [5, 5.41) is 12.4. The number of hydrogen-bond acceptors (Lipinski definition) is 2. The summed E-state index contributed by atoms with van der Waals surface area (Å²) in [6.07, 6.45) is 2.95. The topological polar surface area (TPSA) is 49.3 Å². The lowest BCUT2D eigenvalue weighted by Crippen LogP contribution is -2.60. The van der Waals surface area contributed by atoms with Gasteiger partial charge in [0.25, 0.3) is 0 Å². The molecular weight excluding hydrogens is 245 g/mol. The molecule has 4 heteroatoms. The van der Waals surface area contributed by atoms with E-state index in [9.17, 15) is 14.3 Å². The molecule has 0 aromatic heterocycles. The number of rotatable bonds is 3. The van der Waals surface area contributed by atoms with Crippen LogP contribution in [0.5, 0.6) is 0 Å². The summed E-state index contributed by atoms with van der Waals surface area (Å²) in [6, 6.07) is 6.23. The Morgan fingerprint density at radius 1 is 1.47 bits per heavy atom. The van der Waals surface area contributed by atoms with Gasteiger partial charge < -0.3 is 10.4 Å². The summed E-state index contributed by atoms with van der Waals surface area (Å²) in [5.41, 5.74) is 0.0761. The van der Waals surface area contributed by atoms with Crippen LogP contribution in [0.2, 0.25) is 0 Å². The summed E-state index contributed by atoms with van der Waals surface area (Å²) in [7, 11) is 0. The van der Waals surface area contributed by atoms with Crippen LogP contribution < -0.4 is 5.32 Å². The molecule has 1 aromatic rings. The third-order valence-corrected chi connectivity index (χ3v) is 3.85. The highest BCUT2D eigenvalue weighted by atomic mass is 19.1. The number of aliphatic hydroxyl groups is 1. The number of nitrogens with one attached hydrogen (secondary N) is 1. The molecular formula is C15H18FNO2. The summed E-state index contributed by atoms with van der Waals surface area (Å²) in [5.74, 6) is -0.626. The van der Waals surface area contributed by atoms with Crippen LogP contribution in [0.4, 0.5) is 4.39 Å². The fourth-order valence-electron chi connectivity index (χ4n) is 2.14. The SMILES string of the molecule is CC1(C)C(O)CC1NC(=O)/C=C/c1ccccc1F. The van der Waals surface area contributed by atoms with Gasteiger partial charge in [0.15, 0.2) is 0 Å². The number of halogens is 1. The Kier molecular flexibility index (Phi) is 3.71. The second-order valence-corrected chi connectivity index (χ2v) is 5.49. The van der Waals surface area contributed by atoms with E-state index < -0.39 is 0 Å². The largest absolute Gasteiger partial charge is 0.392 e. The molecule has 0 aliphatic heterocycles. The van der Waals surface area contributed by atoms with E-state index in [4.69, 9.17) is 0 Å². The van der Waals surface area contributed by atoms with E-state index in [2.05, 4.69) is 5.32 Å². The zero-order valence-corrected chi connectivity index (χ0v) is 11.1. The van der Waals surface area contributed by atoms with Crippen molar-refractivity contribution in [2.75, 3.05) is 0 Å². The zero-order chi connectivity index (χ0) is 14.0. The number of carbonyl (C=O) groups excluding carboxylic acids is 1. The highest BCUT2D eigenvalue weighted by Gasteiger charge is 2.47. The molecule has 1 amide bonds.